The van der Waals surface area contributed by atoms with Crippen LogP contribution in [0.1, 0.15) is 67.4 Å². The van der Waals surface area contributed by atoms with Crippen LogP contribution in [0.4, 0.5) is 10.5 Å². The van der Waals surface area contributed by atoms with E-state index in [1.165, 1.54) is 0 Å². The SMILES string of the molecule is C/N=C\c1ccc2c3c([nH]c2c1)C(C)(C)c1cc(N2CCN(C(=O)OC(C)(C)C)CC2)c(SN(C)C)cc1C3=O. The highest BCUT2D eigenvalue weighted by Gasteiger charge is 2.41. The molecule has 0 atom stereocenters. The van der Waals surface area contributed by atoms with E-state index in [0.717, 1.165) is 49.4 Å². The normalized spacial score (nSPS) is 17.1. The van der Waals surface area contributed by atoms with Crippen molar-refractivity contribution in [3.05, 3.63) is 58.3 Å². The molecule has 0 bridgehead atoms. The Morgan fingerprint density at radius 1 is 1.12 bits per heavy atom. The molecule has 40 heavy (non-hydrogen) atoms. The monoisotopic (exact) mass is 561 g/mol. The summed E-state index contributed by atoms with van der Waals surface area (Å²) in [6.07, 6.45) is 1.55. The highest BCUT2D eigenvalue weighted by atomic mass is 32.2. The average Bonchev–Trinajstić information content (AvgIpc) is 3.26. The highest BCUT2D eigenvalue weighted by Crippen LogP contribution is 2.47. The zero-order valence-electron chi connectivity index (χ0n) is 24.7. The molecule has 0 spiro atoms. The minimum atomic E-state index is -0.521. The summed E-state index contributed by atoms with van der Waals surface area (Å²) in [5.41, 5.74) is 5.55. The van der Waals surface area contributed by atoms with Crippen molar-refractivity contribution in [3.8, 4) is 0 Å². The van der Waals surface area contributed by atoms with Gasteiger partial charge in [-0.2, -0.15) is 0 Å². The van der Waals surface area contributed by atoms with Crippen molar-refractivity contribution in [1.29, 1.82) is 0 Å². The second-order valence-electron chi connectivity index (χ2n) is 12.2. The van der Waals surface area contributed by atoms with Crippen molar-refractivity contribution >= 4 is 46.6 Å². The molecule has 1 amide bonds. The Balaban J connectivity index is 1.54. The molecule has 212 valence electrons. The standard InChI is InChI=1S/C31H39N5O3S/c1-30(2,3)39-29(38)36-13-11-35(12-14-36)24-17-22-21(16-25(24)40-34(7)8)27(37)26-20-10-9-19(18-32-6)15-23(20)33-28(26)31(22,4)5/h9-10,15-18,33H,11-14H2,1-8H3/b32-18-. The van der Waals surface area contributed by atoms with Gasteiger partial charge in [-0.15, -0.1) is 0 Å². The van der Waals surface area contributed by atoms with Gasteiger partial charge in [0.2, 0.25) is 0 Å². The molecule has 0 unspecified atom stereocenters. The van der Waals surface area contributed by atoms with Crippen molar-refractivity contribution in [2.24, 2.45) is 4.99 Å². The van der Waals surface area contributed by atoms with Crippen LogP contribution < -0.4 is 4.90 Å². The minimum absolute atomic E-state index is 0.0504. The second-order valence-corrected chi connectivity index (χ2v) is 13.6. The summed E-state index contributed by atoms with van der Waals surface area (Å²) in [6.45, 7) is 12.6. The first-order valence-electron chi connectivity index (χ1n) is 13.7. The lowest BCUT2D eigenvalue weighted by atomic mass is 9.71. The lowest BCUT2D eigenvalue weighted by Crippen LogP contribution is -2.50. The largest absolute Gasteiger partial charge is 0.444 e. The zero-order chi connectivity index (χ0) is 29.0. The third-order valence-electron chi connectivity index (χ3n) is 7.52. The van der Waals surface area contributed by atoms with Gasteiger partial charge in [0.05, 0.1) is 11.3 Å². The molecule has 2 aliphatic rings. The van der Waals surface area contributed by atoms with Gasteiger partial charge in [0.1, 0.15) is 5.60 Å². The molecule has 8 nitrogen and oxygen atoms in total. The van der Waals surface area contributed by atoms with Crippen LogP contribution in [0.3, 0.4) is 0 Å². The van der Waals surface area contributed by atoms with Gasteiger partial charge in [-0.1, -0.05) is 26.0 Å². The summed E-state index contributed by atoms with van der Waals surface area (Å²) in [6, 6.07) is 10.4. The smallest absolute Gasteiger partial charge is 0.410 e. The number of anilines is 1. The molecule has 0 radical (unpaired) electrons. The number of hydrogen-bond acceptors (Lipinski definition) is 7. The molecule has 1 aliphatic carbocycles. The van der Waals surface area contributed by atoms with Gasteiger partial charge in [0.15, 0.2) is 5.78 Å². The minimum Gasteiger partial charge on any atom is -0.444 e. The number of benzene rings is 2. The number of fused-ring (bicyclic) bond motifs is 4. The number of nitrogens with zero attached hydrogens (tertiary/aromatic N) is 4. The molecule has 1 saturated heterocycles. The van der Waals surface area contributed by atoms with Gasteiger partial charge in [0, 0.05) is 71.9 Å². The number of carbonyl (C=O) groups excluding carboxylic acids is 2. The molecule has 2 aromatic carbocycles. The van der Waals surface area contributed by atoms with E-state index in [2.05, 4.69) is 51.2 Å². The second kappa shape index (κ2) is 10.3. The van der Waals surface area contributed by atoms with E-state index in [-0.39, 0.29) is 11.9 Å². The van der Waals surface area contributed by atoms with E-state index in [0.29, 0.717) is 26.2 Å². The van der Waals surface area contributed by atoms with Crippen LogP contribution in [-0.4, -0.2) is 85.2 Å². The summed E-state index contributed by atoms with van der Waals surface area (Å²) in [5, 5.41) is 0.941. The van der Waals surface area contributed by atoms with Gasteiger partial charge in [0.25, 0.3) is 0 Å². The number of nitrogens with one attached hydrogen (secondary N) is 1. The van der Waals surface area contributed by atoms with E-state index in [4.69, 9.17) is 4.74 Å². The molecule has 1 fully saturated rings. The van der Waals surface area contributed by atoms with Crippen LogP contribution in [0, 0.1) is 0 Å². The first-order chi connectivity index (χ1) is 18.8. The predicted octanol–water partition coefficient (Wildman–Crippen LogP) is 5.71. The quantitative estimate of drug-likeness (QED) is 0.325. The maximum absolute atomic E-state index is 14.1. The summed E-state index contributed by atoms with van der Waals surface area (Å²) in [5.74, 6) is 0.0504. The highest BCUT2D eigenvalue weighted by molar-refractivity contribution is 7.97. The average molecular weight is 562 g/mol. The summed E-state index contributed by atoms with van der Waals surface area (Å²) in [7, 11) is 5.77. The number of carbonyl (C=O) groups is 2. The fraction of sp³-hybridized carbons (Fsp3) is 0.452. The summed E-state index contributed by atoms with van der Waals surface area (Å²) < 4.78 is 7.65. The number of H-pyrrole nitrogens is 1. The van der Waals surface area contributed by atoms with Crippen LogP contribution in [-0.2, 0) is 10.2 Å². The molecular formula is C31H39N5O3S. The van der Waals surface area contributed by atoms with Crippen molar-refractivity contribution in [3.63, 3.8) is 0 Å². The first-order valence-corrected chi connectivity index (χ1v) is 14.5. The topological polar surface area (TPSA) is 81.2 Å². The molecule has 1 aliphatic heterocycles. The van der Waals surface area contributed by atoms with E-state index < -0.39 is 11.0 Å². The van der Waals surface area contributed by atoms with Crippen molar-refractivity contribution in [1.82, 2.24) is 14.2 Å². The third-order valence-corrected chi connectivity index (χ3v) is 8.41. The number of ketones is 1. The Bertz CT molecular complexity index is 1510. The maximum Gasteiger partial charge on any atom is 0.410 e. The Hall–Kier alpha value is -3.30. The van der Waals surface area contributed by atoms with Crippen LogP contribution >= 0.6 is 11.9 Å². The first kappa shape index (κ1) is 28.2. The van der Waals surface area contributed by atoms with Crippen LogP contribution in [0.5, 0.6) is 0 Å². The number of aliphatic imine (C=N–C) groups is 1. The molecule has 1 N–H and O–H groups in total. The summed E-state index contributed by atoms with van der Waals surface area (Å²) in [4.78, 5) is 39.6. The maximum atomic E-state index is 14.1. The number of hydrogen-bond donors (Lipinski definition) is 1. The van der Waals surface area contributed by atoms with Crippen molar-refractivity contribution in [2.75, 3.05) is 52.2 Å². The van der Waals surface area contributed by atoms with Gasteiger partial charge >= 0.3 is 6.09 Å². The Morgan fingerprint density at radius 3 is 2.45 bits per heavy atom. The van der Waals surface area contributed by atoms with Crippen molar-refractivity contribution < 1.29 is 14.3 Å². The molecular weight excluding hydrogens is 522 g/mol. The number of piperazine rings is 1. The van der Waals surface area contributed by atoms with Gasteiger partial charge < -0.3 is 19.5 Å². The van der Waals surface area contributed by atoms with E-state index in [9.17, 15) is 9.59 Å². The van der Waals surface area contributed by atoms with E-state index in [1.807, 2.05) is 53.2 Å². The zero-order valence-corrected chi connectivity index (χ0v) is 25.5. The lowest BCUT2D eigenvalue weighted by Gasteiger charge is -2.39. The molecule has 9 heteroatoms. The fourth-order valence-electron chi connectivity index (χ4n) is 5.67. The van der Waals surface area contributed by atoms with Crippen LogP contribution in [0.2, 0.25) is 0 Å². The number of amides is 1. The Labute approximate surface area is 240 Å². The number of aromatic amines is 1. The van der Waals surface area contributed by atoms with Crippen molar-refractivity contribution in [2.45, 2.75) is 50.5 Å². The van der Waals surface area contributed by atoms with E-state index >= 15 is 0 Å². The number of ether oxygens (including phenoxy) is 1. The predicted molar refractivity (Wildman–Crippen MR) is 163 cm³/mol. The van der Waals surface area contributed by atoms with Crippen LogP contribution in [0.25, 0.3) is 10.9 Å². The molecule has 5 rings (SSSR count). The lowest BCUT2D eigenvalue weighted by molar-refractivity contribution is 0.0240. The Morgan fingerprint density at radius 2 is 1.82 bits per heavy atom. The van der Waals surface area contributed by atoms with E-state index in [1.54, 1.807) is 23.9 Å². The number of rotatable bonds is 4. The third kappa shape index (κ3) is 5.12. The molecule has 2 heterocycles. The molecule has 0 saturated carbocycles. The molecule has 1 aromatic heterocycles. The fourth-order valence-corrected chi connectivity index (χ4v) is 6.51. The number of aromatic nitrogens is 1. The van der Waals surface area contributed by atoms with Crippen LogP contribution in [0.15, 0.2) is 40.2 Å². The Kier molecular flexibility index (Phi) is 7.25. The summed E-state index contributed by atoms with van der Waals surface area (Å²) >= 11 is 1.61. The van der Waals surface area contributed by atoms with Gasteiger partial charge in [-0.05, 0) is 76.1 Å². The van der Waals surface area contributed by atoms with Gasteiger partial charge in [-0.25, -0.2) is 4.79 Å². The van der Waals surface area contributed by atoms with Gasteiger partial charge in [-0.3, -0.25) is 14.1 Å². The molecule has 3 aromatic rings.